The first kappa shape index (κ1) is 12.6. The van der Waals surface area contributed by atoms with Crippen LogP contribution in [0.3, 0.4) is 0 Å². The second kappa shape index (κ2) is 6.17. The molecule has 0 heterocycles. The van der Waals surface area contributed by atoms with Crippen LogP contribution in [0.25, 0.3) is 0 Å². The molecule has 0 N–H and O–H groups in total. The Morgan fingerprint density at radius 1 is 1.20 bits per heavy atom. The van der Waals surface area contributed by atoms with Gasteiger partial charge in [-0.05, 0) is 24.1 Å². The van der Waals surface area contributed by atoms with Crippen LogP contribution in [0.4, 0.5) is 0 Å². The van der Waals surface area contributed by atoms with Gasteiger partial charge in [-0.2, -0.15) is 5.26 Å². The van der Waals surface area contributed by atoms with Gasteiger partial charge >= 0.3 is 0 Å². The average Bonchev–Trinajstić information content (AvgIpc) is 2.18. The highest BCUT2D eigenvalue weighted by molar-refractivity contribution is 7.45. The monoisotopic (exact) mass is 257 g/mol. The minimum absolute atomic E-state index is 0.545. The first-order valence-corrected chi connectivity index (χ1v) is 9.36. The third kappa shape index (κ3) is 5.22. The van der Waals surface area contributed by atoms with E-state index in [2.05, 4.69) is 6.07 Å². The number of hydrogen-bond acceptors (Lipinski definition) is 1. The number of rotatable bonds is 5. The lowest BCUT2D eigenvalue weighted by molar-refractivity contribution is 0.950. The van der Waals surface area contributed by atoms with Gasteiger partial charge in [-0.25, -0.2) is 0 Å². The first-order valence-electron chi connectivity index (χ1n) is 4.93. The van der Waals surface area contributed by atoms with E-state index in [1.54, 1.807) is 0 Å². The predicted molar refractivity (Wildman–Crippen MR) is 67.3 cm³/mol. The smallest absolute Gasteiger partial charge is 0.198 e. The second-order valence-corrected chi connectivity index (χ2v) is 11.0. The maximum absolute atomic E-state index is 8.43. The van der Waals surface area contributed by atoms with Crippen molar-refractivity contribution in [1.29, 1.82) is 5.26 Å². The van der Waals surface area contributed by atoms with E-state index in [0.717, 1.165) is 18.5 Å². The summed E-state index contributed by atoms with van der Waals surface area (Å²) in [5, 5.41) is 8.43. The molecular weight excluding hydrogens is 245 g/mol. The third-order valence-corrected chi connectivity index (χ3v) is 6.08. The molecule has 1 aromatic carbocycles. The van der Waals surface area contributed by atoms with Gasteiger partial charge in [0, 0.05) is 6.42 Å². The van der Waals surface area contributed by atoms with E-state index in [9.17, 15) is 0 Å². The number of benzene rings is 1. The Morgan fingerprint density at radius 3 is 2.47 bits per heavy atom. The summed E-state index contributed by atoms with van der Waals surface area (Å²) in [5.74, 6) is 0. The number of unbranched alkanes of at least 4 members (excludes halogenated alkanes) is 1. The van der Waals surface area contributed by atoms with Crippen molar-refractivity contribution in [1.82, 2.24) is 0 Å². The zero-order chi connectivity index (χ0) is 11.1. The van der Waals surface area contributed by atoms with E-state index < -0.39 is 6.69 Å². The molecule has 0 aliphatic heterocycles. The van der Waals surface area contributed by atoms with Crippen LogP contribution in [-0.2, 0) is 6.04 Å². The standard InChI is InChI=1S/C11H13Cl2NSi/c12-15(13,9-5-4-8-14)10-11-6-2-1-3-7-11/h1-3,6-7H,4-5,9-10H2. The van der Waals surface area contributed by atoms with Gasteiger partial charge in [0.1, 0.15) is 0 Å². The molecule has 0 aromatic heterocycles. The lowest BCUT2D eigenvalue weighted by Gasteiger charge is -2.15. The molecule has 0 aliphatic carbocycles. The fourth-order valence-corrected chi connectivity index (χ4v) is 4.84. The van der Waals surface area contributed by atoms with Crippen molar-refractivity contribution in [3.8, 4) is 6.07 Å². The summed E-state index contributed by atoms with van der Waals surface area (Å²) in [6.07, 6.45) is 1.35. The van der Waals surface area contributed by atoms with Crippen LogP contribution in [0.1, 0.15) is 18.4 Å². The molecule has 1 nitrogen and oxygen atoms in total. The highest BCUT2D eigenvalue weighted by Gasteiger charge is 2.27. The number of hydrogen-bond donors (Lipinski definition) is 0. The van der Waals surface area contributed by atoms with Crippen molar-refractivity contribution in [2.45, 2.75) is 24.9 Å². The Hall–Kier alpha value is -0.493. The summed E-state index contributed by atoms with van der Waals surface area (Å²) in [7, 11) is 0. The van der Waals surface area contributed by atoms with Gasteiger partial charge in [-0.3, -0.25) is 0 Å². The van der Waals surface area contributed by atoms with Gasteiger partial charge in [0.05, 0.1) is 6.07 Å². The molecule has 0 fully saturated rings. The van der Waals surface area contributed by atoms with Crippen molar-refractivity contribution < 1.29 is 0 Å². The molecule has 0 amide bonds. The molecule has 15 heavy (non-hydrogen) atoms. The molecule has 0 saturated carbocycles. The summed E-state index contributed by atoms with van der Waals surface area (Å²) in [6, 6.07) is 13.7. The third-order valence-electron chi connectivity index (χ3n) is 2.14. The van der Waals surface area contributed by atoms with Gasteiger partial charge in [-0.15, -0.1) is 22.2 Å². The fraction of sp³-hybridized carbons (Fsp3) is 0.364. The summed E-state index contributed by atoms with van der Waals surface area (Å²) < 4.78 is 0. The molecule has 0 bridgehead atoms. The van der Waals surface area contributed by atoms with Crippen molar-refractivity contribution in [2.75, 3.05) is 0 Å². The lowest BCUT2D eigenvalue weighted by atomic mass is 10.2. The van der Waals surface area contributed by atoms with Crippen LogP contribution in [0.5, 0.6) is 0 Å². The quantitative estimate of drug-likeness (QED) is 0.445. The largest absolute Gasteiger partial charge is 0.255 e. The second-order valence-electron chi connectivity index (χ2n) is 3.53. The Morgan fingerprint density at radius 2 is 1.87 bits per heavy atom. The zero-order valence-corrected chi connectivity index (χ0v) is 10.9. The molecule has 0 spiro atoms. The number of nitrogens with zero attached hydrogens (tertiary/aromatic N) is 1. The minimum Gasteiger partial charge on any atom is -0.198 e. The fourth-order valence-electron chi connectivity index (χ4n) is 1.41. The Balaban J connectivity index is 2.46. The molecule has 0 unspecified atom stereocenters. The topological polar surface area (TPSA) is 23.8 Å². The summed E-state index contributed by atoms with van der Waals surface area (Å²) in [4.78, 5) is 0. The maximum Gasteiger partial charge on any atom is 0.255 e. The molecule has 80 valence electrons. The van der Waals surface area contributed by atoms with E-state index >= 15 is 0 Å². The summed E-state index contributed by atoms with van der Waals surface area (Å²) >= 11 is 12.6. The van der Waals surface area contributed by atoms with E-state index in [4.69, 9.17) is 27.4 Å². The molecule has 1 rings (SSSR count). The molecule has 4 heteroatoms. The van der Waals surface area contributed by atoms with Gasteiger partial charge < -0.3 is 0 Å². The Kier molecular flexibility index (Phi) is 5.17. The molecule has 0 saturated heterocycles. The van der Waals surface area contributed by atoms with Gasteiger partial charge in [-0.1, -0.05) is 30.3 Å². The predicted octanol–water partition coefficient (Wildman–Crippen LogP) is 3.99. The van der Waals surface area contributed by atoms with Crippen LogP contribution in [0.2, 0.25) is 6.04 Å². The van der Waals surface area contributed by atoms with Crippen molar-refractivity contribution in [3.05, 3.63) is 35.9 Å². The van der Waals surface area contributed by atoms with Gasteiger partial charge in [0.2, 0.25) is 0 Å². The van der Waals surface area contributed by atoms with E-state index in [0.29, 0.717) is 6.42 Å². The molecular formula is C11H13Cl2NSi. The molecule has 0 radical (unpaired) electrons. The number of halogens is 2. The SMILES string of the molecule is N#CCCC[Si](Cl)(Cl)Cc1ccccc1. The van der Waals surface area contributed by atoms with Gasteiger partial charge in [0.25, 0.3) is 6.69 Å². The maximum atomic E-state index is 8.43. The number of nitriles is 1. The normalized spacial score (nSPS) is 11.0. The summed E-state index contributed by atoms with van der Waals surface area (Å²) in [6.45, 7) is -2.19. The van der Waals surface area contributed by atoms with Crippen LogP contribution >= 0.6 is 22.2 Å². The average molecular weight is 258 g/mol. The van der Waals surface area contributed by atoms with E-state index in [-0.39, 0.29) is 0 Å². The molecule has 0 aliphatic rings. The van der Waals surface area contributed by atoms with E-state index in [1.807, 2.05) is 30.3 Å². The molecule has 0 atom stereocenters. The van der Waals surface area contributed by atoms with Crippen LogP contribution in [0.15, 0.2) is 30.3 Å². The van der Waals surface area contributed by atoms with Crippen molar-refractivity contribution in [3.63, 3.8) is 0 Å². The highest BCUT2D eigenvalue weighted by Crippen LogP contribution is 2.27. The lowest BCUT2D eigenvalue weighted by Crippen LogP contribution is -2.22. The van der Waals surface area contributed by atoms with Crippen LogP contribution < -0.4 is 0 Å². The first-order chi connectivity index (χ1) is 7.14. The zero-order valence-electron chi connectivity index (χ0n) is 8.42. The highest BCUT2D eigenvalue weighted by atomic mass is 35.7. The van der Waals surface area contributed by atoms with Crippen LogP contribution in [-0.4, -0.2) is 6.69 Å². The van der Waals surface area contributed by atoms with Gasteiger partial charge in [0.15, 0.2) is 0 Å². The molecule has 1 aromatic rings. The van der Waals surface area contributed by atoms with E-state index in [1.165, 1.54) is 5.56 Å². The van der Waals surface area contributed by atoms with Crippen molar-refractivity contribution in [2.24, 2.45) is 0 Å². The summed E-state index contributed by atoms with van der Waals surface area (Å²) in [5.41, 5.74) is 1.19. The Bertz CT molecular complexity index is 332. The Labute approximate surface area is 101 Å². The minimum atomic E-state index is -2.19. The van der Waals surface area contributed by atoms with Crippen molar-refractivity contribution >= 4 is 28.9 Å². The van der Waals surface area contributed by atoms with Crippen LogP contribution in [0, 0.1) is 11.3 Å².